The largest absolute Gasteiger partial charge is 0.361 e. The molecule has 84 valence electrons. The molecule has 2 nitrogen and oxygen atoms in total. The van der Waals surface area contributed by atoms with E-state index >= 15 is 0 Å². The van der Waals surface area contributed by atoms with Crippen LogP contribution in [0, 0.1) is 5.92 Å². The standard InChI is InChI=1S/C14H18N2/c1-10-3-2-4-11(7-10)12-9-16-14-5-6-15-8-13(12)14/h5-6,8-11,16H,2-4,7H2,1H3. The molecule has 1 aliphatic carbocycles. The Kier molecular flexibility index (Phi) is 2.43. The molecular formula is C14H18N2. The molecule has 1 fully saturated rings. The van der Waals surface area contributed by atoms with Crippen LogP contribution in [0.5, 0.6) is 0 Å². The Morgan fingerprint density at radius 1 is 1.38 bits per heavy atom. The van der Waals surface area contributed by atoms with Crippen LogP contribution in [0.1, 0.15) is 44.1 Å². The van der Waals surface area contributed by atoms with E-state index in [9.17, 15) is 0 Å². The number of H-pyrrole nitrogens is 1. The maximum absolute atomic E-state index is 4.24. The molecule has 16 heavy (non-hydrogen) atoms. The first-order chi connectivity index (χ1) is 7.84. The van der Waals surface area contributed by atoms with E-state index < -0.39 is 0 Å². The zero-order valence-corrected chi connectivity index (χ0v) is 9.74. The van der Waals surface area contributed by atoms with Gasteiger partial charge in [-0.05, 0) is 36.3 Å². The summed E-state index contributed by atoms with van der Waals surface area (Å²) in [5, 5.41) is 1.32. The monoisotopic (exact) mass is 214 g/mol. The average Bonchev–Trinajstić information content (AvgIpc) is 2.72. The van der Waals surface area contributed by atoms with E-state index in [1.807, 2.05) is 12.4 Å². The van der Waals surface area contributed by atoms with Crippen molar-refractivity contribution in [1.29, 1.82) is 0 Å². The van der Waals surface area contributed by atoms with E-state index in [4.69, 9.17) is 0 Å². The average molecular weight is 214 g/mol. The molecule has 0 radical (unpaired) electrons. The van der Waals surface area contributed by atoms with E-state index in [-0.39, 0.29) is 0 Å². The maximum Gasteiger partial charge on any atom is 0.0487 e. The second-order valence-electron chi connectivity index (χ2n) is 5.13. The summed E-state index contributed by atoms with van der Waals surface area (Å²) in [4.78, 5) is 7.60. The Bertz CT molecular complexity index is 486. The molecule has 0 aromatic carbocycles. The minimum absolute atomic E-state index is 0.738. The summed E-state index contributed by atoms with van der Waals surface area (Å²) in [6.07, 6.45) is 11.5. The van der Waals surface area contributed by atoms with Crippen LogP contribution in [0.15, 0.2) is 24.7 Å². The van der Waals surface area contributed by atoms with Gasteiger partial charge in [0.05, 0.1) is 0 Å². The molecule has 2 heteroatoms. The van der Waals surface area contributed by atoms with Crippen molar-refractivity contribution in [1.82, 2.24) is 9.97 Å². The molecule has 3 rings (SSSR count). The molecule has 0 saturated heterocycles. The molecule has 1 N–H and O–H groups in total. The summed E-state index contributed by atoms with van der Waals surface area (Å²) in [5.74, 6) is 1.61. The molecule has 2 aromatic heterocycles. The van der Waals surface area contributed by atoms with Gasteiger partial charge in [-0.2, -0.15) is 0 Å². The van der Waals surface area contributed by atoms with Gasteiger partial charge in [0.15, 0.2) is 0 Å². The summed E-state index contributed by atoms with van der Waals surface area (Å²) >= 11 is 0. The van der Waals surface area contributed by atoms with Crippen LogP contribution in [0.4, 0.5) is 0 Å². The molecule has 2 heterocycles. The lowest BCUT2D eigenvalue weighted by atomic mass is 9.79. The zero-order valence-electron chi connectivity index (χ0n) is 9.74. The number of hydrogen-bond donors (Lipinski definition) is 1. The third kappa shape index (κ3) is 1.62. The lowest BCUT2D eigenvalue weighted by Gasteiger charge is -2.26. The van der Waals surface area contributed by atoms with Gasteiger partial charge in [0.25, 0.3) is 0 Å². The third-order valence-electron chi connectivity index (χ3n) is 3.89. The van der Waals surface area contributed by atoms with Gasteiger partial charge in [0, 0.05) is 29.5 Å². The van der Waals surface area contributed by atoms with E-state index in [0.717, 1.165) is 11.8 Å². The first-order valence-corrected chi connectivity index (χ1v) is 6.25. The highest BCUT2D eigenvalue weighted by atomic mass is 14.7. The van der Waals surface area contributed by atoms with Crippen molar-refractivity contribution in [2.45, 2.75) is 38.5 Å². The predicted molar refractivity (Wildman–Crippen MR) is 66.5 cm³/mol. The number of nitrogens with one attached hydrogen (secondary N) is 1. The van der Waals surface area contributed by atoms with Gasteiger partial charge in [0.2, 0.25) is 0 Å². The van der Waals surface area contributed by atoms with Crippen molar-refractivity contribution in [3.05, 3.63) is 30.2 Å². The number of nitrogens with zero attached hydrogens (tertiary/aromatic N) is 1. The molecule has 2 unspecified atom stereocenters. The Morgan fingerprint density at radius 2 is 2.31 bits per heavy atom. The second-order valence-corrected chi connectivity index (χ2v) is 5.13. The zero-order chi connectivity index (χ0) is 11.0. The van der Waals surface area contributed by atoms with Crippen LogP contribution in [-0.4, -0.2) is 9.97 Å². The van der Waals surface area contributed by atoms with Crippen LogP contribution in [0.2, 0.25) is 0 Å². The summed E-state index contributed by atoms with van der Waals surface area (Å²) in [6, 6.07) is 2.06. The first-order valence-electron chi connectivity index (χ1n) is 6.25. The molecule has 2 aromatic rings. The van der Waals surface area contributed by atoms with Crippen LogP contribution in [-0.2, 0) is 0 Å². The Hall–Kier alpha value is -1.31. The Balaban J connectivity index is 1.99. The highest BCUT2D eigenvalue weighted by Gasteiger charge is 2.22. The van der Waals surface area contributed by atoms with Gasteiger partial charge in [-0.3, -0.25) is 4.98 Å². The Morgan fingerprint density at radius 3 is 3.19 bits per heavy atom. The van der Waals surface area contributed by atoms with Gasteiger partial charge in [-0.25, -0.2) is 0 Å². The number of hydrogen-bond acceptors (Lipinski definition) is 1. The van der Waals surface area contributed by atoms with Crippen LogP contribution in [0.25, 0.3) is 10.9 Å². The summed E-state index contributed by atoms with van der Waals surface area (Å²) in [6.45, 7) is 2.37. The molecule has 0 bridgehead atoms. The highest BCUT2D eigenvalue weighted by Crippen LogP contribution is 2.38. The van der Waals surface area contributed by atoms with E-state index in [2.05, 4.69) is 29.2 Å². The normalized spacial score (nSPS) is 26.1. The van der Waals surface area contributed by atoms with E-state index in [0.29, 0.717) is 0 Å². The molecule has 0 aliphatic heterocycles. The van der Waals surface area contributed by atoms with Crippen molar-refractivity contribution < 1.29 is 0 Å². The SMILES string of the molecule is CC1CCCC(c2c[nH]c3ccncc23)C1. The van der Waals surface area contributed by atoms with Gasteiger partial charge < -0.3 is 4.98 Å². The topological polar surface area (TPSA) is 28.7 Å². The molecule has 2 atom stereocenters. The van der Waals surface area contributed by atoms with Crippen molar-refractivity contribution in [3.63, 3.8) is 0 Å². The van der Waals surface area contributed by atoms with Crippen LogP contribution < -0.4 is 0 Å². The number of aromatic nitrogens is 2. The molecule has 1 aliphatic rings. The van der Waals surface area contributed by atoms with Crippen molar-refractivity contribution >= 4 is 10.9 Å². The molecule has 1 saturated carbocycles. The minimum atomic E-state index is 0.738. The number of fused-ring (bicyclic) bond motifs is 1. The summed E-state index contributed by atoms with van der Waals surface area (Å²) in [7, 11) is 0. The molecule has 0 amide bonds. The van der Waals surface area contributed by atoms with Gasteiger partial charge >= 0.3 is 0 Å². The summed E-state index contributed by atoms with van der Waals surface area (Å²) in [5.41, 5.74) is 2.71. The fourth-order valence-corrected chi connectivity index (χ4v) is 3.04. The fraction of sp³-hybridized carbons (Fsp3) is 0.500. The number of aromatic amines is 1. The van der Waals surface area contributed by atoms with E-state index in [1.165, 1.54) is 42.1 Å². The lowest BCUT2D eigenvalue weighted by Crippen LogP contribution is -2.11. The summed E-state index contributed by atoms with van der Waals surface area (Å²) < 4.78 is 0. The second kappa shape index (κ2) is 3.93. The fourth-order valence-electron chi connectivity index (χ4n) is 3.04. The van der Waals surface area contributed by atoms with Gasteiger partial charge in [-0.15, -0.1) is 0 Å². The van der Waals surface area contributed by atoms with Crippen molar-refractivity contribution in [3.8, 4) is 0 Å². The number of rotatable bonds is 1. The molecular weight excluding hydrogens is 196 g/mol. The molecule has 0 spiro atoms. The quantitative estimate of drug-likeness (QED) is 0.767. The maximum atomic E-state index is 4.24. The first kappa shape index (κ1) is 9.88. The van der Waals surface area contributed by atoms with Crippen LogP contribution >= 0.6 is 0 Å². The third-order valence-corrected chi connectivity index (χ3v) is 3.89. The Labute approximate surface area is 96.1 Å². The minimum Gasteiger partial charge on any atom is -0.361 e. The predicted octanol–water partition coefficient (Wildman–Crippen LogP) is 3.86. The smallest absolute Gasteiger partial charge is 0.0487 e. The van der Waals surface area contributed by atoms with Gasteiger partial charge in [-0.1, -0.05) is 19.8 Å². The van der Waals surface area contributed by atoms with Gasteiger partial charge in [0.1, 0.15) is 0 Å². The van der Waals surface area contributed by atoms with E-state index in [1.54, 1.807) is 0 Å². The van der Waals surface area contributed by atoms with Crippen LogP contribution in [0.3, 0.4) is 0 Å². The lowest BCUT2D eigenvalue weighted by molar-refractivity contribution is 0.345. The number of pyridine rings is 1. The van der Waals surface area contributed by atoms with Crippen molar-refractivity contribution in [2.75, 3.05) is 0 Å². The van der Waals surface area contributed by atoms with Crippen molar-refractivity contribution in [2.24, 2.45) is 5.92 Å². The highest BCUT2D eigenvalue weighted by molar-refractivity contribution is 5.82.